The molecule has 9 heteroatoms. The van der Waals surface area contributed by atoms with E-state index in [9.17, 15) is 5.11 Å². The van der Waals surface area contributed by atoms with Crippen LogP contribution in [0.15, 0.2) is 48.8 Å². The topological polar surface area (TPSA) is 112 Å². The van der Waals surface area contributed by atoms with Gasteiger partial charge >= 0.3 is 0 Å². The number of aromatic nitrogens is 5. The highest BCUT2D eigenvalue weighted by molar-refractivity contribution is 6.30. The van der Waals surface area contributed by atoms with Crippen LogP contribution in [0, 0.1) is 13.8 Å². The van der Waals surface area contributed by atoms with Crippen LogP contribution in [0.5, 0.6) is 0 Å². The smallest absolute Gasteiger partial charge is 0.165 e. The fourth-order valence-electron chi connectivity index (χ4n) is 4.06. The molecule has 202 valence electrons. The molecule has 4 N–H and O–H groups in total. The van der Waals surface area contributed by atoms with Crippen LogP contribution in [-0.2, 0) is 5.60 Å². The average Bonchev–Trinajstić information content (AvgIpc) is 3.55. The molecule has 0 fully saturated rings. The number of aliphatic hydroxyl groups excluding tert-OH is 1. The zero-order valence-corrected chi connectivity index (χ0v) is 23.4. The summed E-state index contributed by atoms with van der Waals surface area (Å²) >= 11 is 5.61. The van der Waals surface area contributed by atoms with Gasteiger partial charge in [-0.25, -0.2) is 4.98 Å². The van der Waals surface area contributed by atoms with Crippen molar-refractivity contribution in [2.45, 2.75) is 65.9 Å². The minimum absolute atomic E-state index is 0.244. The van der Waals surface area contributed by atoms with E-state index in [-0.39, 0.29) is 6.61 Å². The number of halogens is 1. The van der Waals surface area contributed by atoms with Crippen LogP contribution in [0.1, 0.15) is 63.3 Å². The van der Waals surface area contributed by atoms with Gasteiger partial charge in [0.1, 0.15) is 0 Å². The number of H-pyrrole nitrogens is 1. The van der Waals surface area contributed by atoms with E-state index in [1.165, 1.54) is 5.56 Å². The Morgan fingerprint density at radius 1 is 1.05 bits per heavy atom. The van der Waals surface area contributed by atoms with E-state index >= 15 is 0 Å². The number of nitrogens with one attached hydrogen (secondary N) is 2. The number of nitrogens with zero attached hydrogens (tertiary/aromatic N) is 4. The highest BCUT2D eigenvalue weighted by atomic mass is 35.5. The second kappa shape index (κ2) is 15.5. The number of hydrogen-bond acceptors (Lipinski definition) is 6. The minimum atomic E-state index is -0.836. The van der Waals surface area contributed by atoms with Crippen LogP contribution in [0.3, 0.4) is 0 Å². The largest absolute Gasteiger partial charge is 0.395 e. The first kappa shape index (κ1) is 30.4. The Bertz CT molecular complexity index is 1140. The van der Waals surface area contributed by atoms with E-state index in [2.05, 4.69) is 39.4 Å². The predicted molar refractivity (Wildman–Crippen MR) is 151 cm³/mol. The van der Waals surface area contributed by atoms with Gasteiger partial charge in [-0.3, -0.25) is 5.10 Å². The molecule has 0 aliphatic heterocycles. The number of benzene rings is 1. The maximum absolute atomic E-state index is 11.3. The molecule has 0 bridgehead atoms. The molecular weight excluding hydrogens is 488 g/mol. The molecule has 0 saturated heterocycles. The molecule has 4 aromatic rings. The second-order valence-corrected chi connectivity index (χ2v) is 9.39. The van der Waals surface area contributed by atoms with E-state index in [4.69, 9.17) is 16.7 Å². The lowest BCUT2D eigenvalue weighted by Gasteiger charge is -2.29. The zero-order chi connectivity index (χ0) is 27.3. The highest BCUT2D eigenvalue weighted by Gasteiger charge is 2.30. The molecule has 0 amide bonds. The van der Waals surface area contributed by atoms with Crippen molar-refractivity contribution in [3.05, 3.63) is 70.6 Å². The fourth-order valence-corrected chi connectivity index (χ4v) is 4.19. The molecule has 0 atom stereocenters. The summed E-state index contributed by atoms with van der Waals surface area (Å²) < 4.78 is 1.73. The molecule has 0 saturated carbocycles. The molecule has 0 aliphatic rings. The number of pyridine rings is 1. The van der Waals surface area contributed by atoms with E-state index in [1.807, 2.05) is 57.2 Å². The third-order valence-corrected chi connectivity index (χ3v) is 6.01. The summed E-state index contributed by atoms with van der Waals surface area (Å²) in [7, 11) is 0. The number of rotatable bonds is 9. The van der Waals surface area contributed by atoms with Crippen molar-refractivity contribution in [1.29, 1.82) is 0 Å². The Hall–Kier alpha value is -2.78. The molecular formula is C28H41ClN6O2. The lowest BCUT2D eigenvalue weighted by atomic mass is 9.84. The lowest BCUT2D eigenvalue weighted by molar-refractivity contribution is 0.0183. The summed E-state index contributed by atoms with van der Waals surface area (Å²) in [5.74, 6) is 0.763. The van der Waals surface area contributed by atoms with E-state index in [0.29, 0.717) is 0 Å². The Balaban J connectivity index is 0.000000282. The zero-order valence-electron chi connectivity index (χ0n) is 22.6. The van der Waals surface area contributed by atoms with E-state index in [0.717, 1.165) is 71.9 Å². The van der Waals surface area contributed by atoms with Gasteiger partial charge in [0.25, 0.3) is 0 Å². The van der Waals surface area contributed by atoms with Gasteiger partial charge in [0.2, 0.25) is 0 Å². The van der Waals surface area contributed by atoms with Crippen molar-refractivity contribution in [2.24, 2.45) is 0 Å². The lowest BCUT2D eigenvalue weighted by Crippen LogP contribution is -2.26. The summed E-state index contributed by atoms with van der Waals surface area (Å²) in [5.41, 5.74) is 2.95. The van der Waals surface area contributed by atoms with Crippen molar-refractivity contribution in [1.82, 2.24) is 30.3 Å². The Morgan fingerprint density at radius 3 is 2.22 bits per heavy atom. The summed E-state index contributed by atoms with van der Waals surface area (Å²) in [6, 6.07) is 11.6. The maximum atomic E-state index is 11.3. The first-order chi connectivity index (χ1) is 17.8. The van der Waals surface area contributed by atoms with E-state index in [1.54, 1.807) is 17.1 Å². The van der Waals surface area contributed by atoms with Crippen LogP contribution in [-0.4, -0.2) is 54.9 Å². The Kier molecular flexibility index (Phi) is 12.7. The quantitative estimate of drug-likeness (QED) is 0.214. The van der Waals surface area contributed by atoms with Crippen molar-refractivity contribution in [3.63, 3.8) is 0 Å². The summed E-state index contributed by atoms with van der Waals surface area (Å²) in [5, 5.41) is 35.4. The van der Waals surface area contributed by atoms with Crippen molar-refractivity contribution >= 4 is 22.6 Å². The third kappa shape index (κ3) is 8.93. The number of aryl methyl sites for hydroxylation is 2. The monoisotopic (exact) mass is 528 g/mol. The molecule has 3 heterocycles. The minimum Gasteiger partial charge on any atom is -0.395 e. The number of likely N-dealkylation sites (N-methyl/N-ethyl adjacent to an activating group) is 1. The van der Waals surface area contributed by atoms with Crippen molar-refractivity contribution < 1.29 is 10.2 Å². The van der Waals surface area contributed by atoms with Gasteiger partial charge in [-0.15, -0.1) is 0 Å². The highest BCUT2D eigenvalue weighted by Crippen LogP contribution is 2.36. The van der Waals surface area contributed by atoms with Gasteiger partial charge in [0, 0.05) is 28.7 Å². The fraction of sp³-hybridized carbons (Fsp3) is 0.464. The average molecular weight is 529 g/mol. The van der Waals surface area contributed by atoms with Crippen LogP contribution in [0.2, 0.25) is 5.02 Å². The number of hydrogen-bond donors (Lipinski definition) is 4. The summed E-state index contributed by atoms with van der Waals surface area (Å²) in [6.07, 6.45) is 6.78. The summed E-state index contributed by atoms with van der Waals surface area (Å²) in [4.78, 5) is 4.63. The number of fused-ring (bicyclic) bond motifs is 1. The van der Waals surface area contributed by atoms with Crippen LogP contribution in [0.25, 0.3) is 16.9 Å². The van der Waals surface area contributed by atoms with Crippen LogP contribution >= 0.6 is 11.6 Å². The second-order valence-electron chi connectivity index (χ2n) is 8.95. The first-order valence-corrected chi connectivity index (χ1v) is 13.3. The summed E-state index contributed by atoms with van der Waals surface area (Å²) in [6.45, 7) is 12.1. The molecule has 0 unspecified atom stereocenters. The standard InChI is InChI=1S/C17H23N5O.C7H7Cl.C4H11NO/c1-4-7-17(23,8-5-2)14-10-12(3)20-16-13(14)11-19-22(16)15-6-9-18-21-15;1-6-2-4-7(8)5-3-6;1-2-5-3-4-6/h6,9-11,23H,4-5,7-8H2,1-3H3,(H,18,21);2-5H,1H3;5-6H,2-4H2,1H3. The van der Waals surface area contributed by atoms with Gasteiger partial charge < -0.3 is 15.5 Å². The molecule has 0 aliphatic carbocycles. The maximum Gasteiger partial charge on any atom is 0.165 e. The van der Waals surface area contributed by atoms with Crippen LogP contribution in [0.4, 0.5) is 0 Å². The molecule has 3 aromatic heterocycles. The molecule has 0 radical (unpaired) electrons. The number of aromatic amines is 1. The van der Waals surface area contributed by atoms with Gasteiger partial charge in [0.05, 0.1) is 24.6 Å². The van der Waals surface area contributed by atoms with Gasteiger partial charge in [0.15, 0.2) is 11.5 Å². The Labute approximate surface area is 225 Å². The van der Waals surface area contributed by atoms with Gasteiger partial charge in [-0.2, -0.15) is 14.9 Å². The predicted octanol–water partition coefficient (Wildman–Crippen LogP) is 5.48. The first-order valence-electron chi connectivity index (χ1n) is 12.9. The van der Waals surface area contributed by atoms with Gasteiger partial charge in [-0.05, 0) is 57.0 Å². The molecule has 0 spiro atoms. The molecule has 8 nitrogen and oxygen atoms in total. The van der Waals surface area contributed by atoms with Gasteiger partial charge in [-0.1, -0.05) is 62.9 Å². The van der Waals surface area contributed by atoms with Crippen molar-refractivity contribution in [2.75, 3.05) is 19.7 Å². The SMILES string of the molecule is CCCC(O)(CCC)c1cc(C)nc2c1cnn2-c1ccn[nH]1.CCNCCO.Cc1ccc(Cl)cc1. The number of aliphatic hydroxyl groups is 2. The van der Waals surface area contributed by atoms with E-state index < -0.39 is 5.60 Å². The third-order valence-electron chi connectivity index (χ3n) is 5.76. The Morgan fingerprint density at radius 2 is 1.73 bits per heavy atom. The molecule has 4 rings (SSSR count). The normalized spacial score (nSPS) is 11.0. The van der Waals surface area contributed by atoms with Crippen molar-refractivity contribution in [3.8, 4) is 5.82 Å². The van der Waals surface area contributed by atoms with Crippen LogP contribution < -0.4 is 5.32 Å². The molecule has 37 heavy (non-hydrogen) atoms. The molecule has 1 aromatic carbocycles.